The molecule has 0 saturated heterocycles. The molecule has 1 N–H and O–H groups in total. The Hall–Kier alpha value is -2.70. The highest BCUT2D eigenvalue weighted by molar-refractivity contribution is 6.11. The molecule has 0 saturated carbocycles. The number of nitrogens with zero attached hydrogens (tertiary/aromatic N) is 1. The first kappa shape index (κ1) is 17.7. The SMILES string of the molecule is CC[C@H](C)NC(=O)COC(=O)CN1C(=O)Cc2ccccc2C1=O. The van der Waals surface area contributed by atoms with E-state index in [1.165, 1.54) is 0 Å². The number of hydrogen-bond donors (Lipinski definition) is 1. The van der Waals surface area contributed by atoms with Crippen molar-refractivity contribution in [2.24, 2.45) is 0 Å². The molecule has 1 aliphatic rings. The van der Waals surface area contributed by atoms with E-state index in [2.05, 4.69) is 5.32 Å². The van der Waals surface area contributed by atoms with Crippen molar-refractivity contribution in [2.45, 2.75) is 32.7 Å². The van der Waals surface area contributed by atoms with Crippen molar-refractivity contribution in [2.75, 3.05) is 13.2 Å². The average molecular weight is 332 g/mol. The molecule has 7 heteroatoms. The largest absolute Gasteiger partial charge is 0.454 e. The molecule has 0 aromatic heterocycles. The number of carbonyl (C=O) groups excluding carboxylic acids is 4. The number of fused-ring (bicyclic) bond motifs is 1. The molecule has 0 aliphatic carbocycles. The van der Waals surface area contributed by atoms with Gasteiger partial charge in [-0.1, -0.05) is 25.1 Å². The van der Waals surface area contributed by atoms with Gasteiger partial charge in [0, 0.05) is 11.6 Å². The molecular weight excluding hydrogens is 312 g/mol. The zero-order valence-corrected chi connectivity index (χ0v) is 13.7. The Morgan fingerprint density at radius 2 is 2.00 bits per heavy atom. The van der Waals surface area contributed by atoms with E-state index in [1.807, 2.05) is 13.8 Å². The van der Waals surface area contributed by atoms with Crippen LogP contribution in [-0.2, 0) is 25.5 Å². The van der Waals surface area contributed by atoms with Crippen molar-refractivity contribution in [1.82, 2.24) is 10.2 Å². The van der Waals surface area contributed by atoms with Gasteiger partial charge in [0.2, 0.25) is 5.91 Å². The molecule has 24 heavy (non-hydrogen) atoms. The molecule has 7 nitrogen and oxygen atoms in total. The third-order valence-corrected chi connectivity index (χ3v) is 3.81. The number of benzene rings is 1. The Kier molecular flexibility index (Phi) is 5.68. The summed E-state index contributed by atoms with van der Waals surface area (Å²) >= 11 is 0. The molecule has 1 heterocycles. The summed E-state index contributed by atoms with van der Waals surface area (Å²) < 4.78 is 4.84. The normalized spacial score (nSPS) is 14.8. The first-order chi connectivity index (χ1) is 11.4. The molecule has 3 amide bonds. The minimum Gasteiger partial charge on any atom is -0.454 e. The van der Waals surface area contributed by atoms with E-state index in [-0.39, 0.29) is 12.5 Å². The van der Waals surface area contributed by atoms with Crippen molar-refractivity contribution in [3.05, 3.63) is 35.4 Å². The molecule has 0 fully saturated rings. The predicted octanol–water partition coefficient (Wildman–Crippen LogP) is 0.669. The monoisotopic (exact) mass is 332 g/mol. The summed E-state index contributed by atoms with van der Waals surface area (Å²) in [6.45, 7) is 2.82. The number of carbonyl (C=O) groups is 4. The first-order valence-corrected chi connectivity index (χ1v) is 7.80. The Balaban J connectivity index is 1.91. The van der Waals surface area contributed by atoms with E-state index in [4.69, 9.17) is 4.74 Å². The smallest absolute Gasteiger partial charge is 0.326 e. The number of hydrogen-bond acceptors (Lipinski definition) is 5. The van der Waals surface area contributed by atoms with Crippen LogP contribution in [0.3, 0.4) is 0 Å². The number of nitrogens with one attached hydrogen (secondary N) is 1. The second kappa shape index (κ2) is 7.72. The van der Waals surface area contributed by atoms with E-state index in [0.717, 1.165) is 11.3 Å². The molecule has 0 bridgehead atoms. The fraction of sp³-hybridized carbons (Fsp3) is 0.412. The van der Waals surface area contributed by atoms with Crippen LogP contribution < -0.4 is 5.32 Å². The van der Waals surface area contributed by atoms with Gasteiger partial charge in [-0.05, 0) is 25.0 Å². The highest BCUT2D eigenvalue weighted by Gasteiger charge is 2.32. The van der Waals surface area contributed by atoms with Crippen LogP contribution in [0.2, 0.25) is 0 Å². The number of ether oxygens (including phenoxy) is 1. The van der Waals surface area contributed by atoms with Crippen molar-refractivity contribution in [3.8, 4) is 0 Å². The first-order valence-electron chi connectivity index (χ1n) is 7.80. The second-order valence-electron chi connectivity index (χ2n) is 5.66. The van der Waals surface area contributed by atoms with Crippen LogP contribution in [0.15, 0.2) is 24.3 Å². The Bertz CT molecular complexity index is 671. The fourth-order valence-corrected chi connectivity index (χ4v) is 2.30. The standard InChI is InChI=1S/C17H20N2O5/c1-3-11(2)18-14(20)10-24-16(22)9-19-15(21)8-12-6-4-5-7-13(12)17(19)23/h4-7,11H,3,8-10H2,1-2H3,(H,18,20)/t11-/m0/s1. The predicted molar refractivity (Wildman–Crippen MR) is 85.0 cm³/mol. The summed E-state index contributed by atoms with van der Waals surface area (Å²) in [6, 6.07) is 6.75. The van der Waals surface area contributed by atoms with E-state index in [0.29, 0.717) is 11.1 Å². The average Bonchev–Trinajstić information content (AvgIpc) is 2.56. The van der Waals surface area contributed by atoms with Crippen molar-refractivity contribution < 1.29 is 23.9 Å². The summed E-state index contributed by atoms with van der Waals surface area (Å²) in [4.78, 5) is 48.6. The minimum absolute atomic E-state index is 0.0158. The van der Waals surface area contributed by atoms with Crippen LogP contribution in [0, 0.1) is 0 Å². The molecule has 1 aliphatic heterocycles. The number of esters is 1. The lowest BCUT2D eigenvalue weighted by atomic mass is 9.98. The van der Waals surface area contributed by atoms with E-state index < -0.39 is 36.8 Å². The summed E-state index contributed by atoms with van der Waals surface area (Å²) in [7, 11) is 0. The molecule has 0 radical (unpaired) electrons. The van der Waals surface area contributed by atoms with Gasteiger partial charge in [0.1, 0.15) is 6.54 Å². The van der Waals surface area contributed by atoms with Crippen LogP contribution in [0.5, 0.6) is 0 Å². The molecule has 1 aromatic rings. The Labute approximate surface area is 140 Å². The van der Waals surface area contributed by atoms with Crippen molar-refractivity contribution in [1.29, 1.82) is 0 Å². The van der Waals surface area contributed by atoms with E-state index in [9.17, 15) is 19.2 Å². The molecule has 1 aromatic carbocycles. The van der Waals surface area contributed by atoms with Gasteiger partial charge in [0.25, 0.3) is 11.8 Å². The van der Waals surface area contributed by atoms with Crippen molar-refractivity contribution in [3.63, 3.8) is 0 Å². The van der Waals surface area contributed by atoms with Gasteiger partial charge in [-0.25, -0.2) is 0 Å². The summed E-state index contributed by atoms with van der Waals surface area (Å²) in [5.41, 5.74) is 1.05. The highest BCUT2D eigenvalue weighted by atomic mass is 16.5. The van der Waals surface area contributed by atoms with Crippen LogP contribution >= 0.6 is 0 Å². The van der Waals surface area contributed by atoms with Gasteiger partial charge in [0.05, 0.1) is 6.42 Å². The lowest BCUT2D eigenvalue weighted by Crippen LogP contribution is -2.45. The quantitative estimate of drug-likeness (QED) is 0.610. The van der Waals surface area contributed by atoms with Gasteiger partial charge in [-0.3, -0.25) is 24.1 Å². The van der Waals surface area contributed by atoms with Crippen molar-refractivity contribution >= 4 is 23.7 Å². The number of rotatable bonds is 6. The maximum Gasteiger partial charge on any atom is 0.326 e. The van der Waals surface area contributed by atoms with Crippen LogP contribution in [0.1, 0.15) is 36.2 Å². The van der Waals surface area contributed by atoms with Crippen LogP contribution in [0.25, 0.3) is 0 Å². The Morgan fingerprint density at radius 1 is 1.29 bits per heavy atom. The van der Waals surface area contributed by atoms with E-state index >= 15 is 0 Å². The van der Waals surface area contributed by atoms with Gasteiger partial charge in [0.15, 0.2) is 6.61 Å². The Morgan fingerprint density at radius 3 is 2.71 bits per heavy atom. The second-order valence-corrected chi connectivity index (χ2v) is 5.66. The van der Waals surface area contributed by atoms with Crippen LogP contribution in [-0.4, -0.2) is 47.8 Å². The lowest BCUT2D eigenvalue weighted by Gasteiger charge is -2.25. The summed E-state index contributed by atoms with van der Waals surface area (Å²) in [5, 5.41) is 2.66. The minimum atomic E-state index is -0.796. The highest BCUT2D eigenvalue weighted by Crippen LogP contribution is 2.19. The molecule has 0 spiro atoms. The third kappa shape index (κ3) is 4.18. The number of amides is 3. The zero-order valence-electron chi connectivity index (χ0n) is 13.7. The summed E-state index contributed by atoms with van der Waals surface area (Å²) in [6.07, 6.45) is 0.819. The van der Waals surface area contributed by atoms with Crippen LogP contribution in [0.4, 0.5) is 0 Å². The fourth-order valence-electron chi connectivity index (χ4n) is 2.30. The zero-order chi connectivity index (χ0) is 17.7. The molecule has 2 rings (SSSR count). The van der Waals surface area contributed by atoms with Gasteiger partial charge >= 0.3 is 5.97 Å². The number of imide groups is 1. The van der Waals surface area contributed by atoms with Gasteiger partial charge < -0.3 is 10.1 Å². The molecule has 1 atom stereocenters. The maximum atomic E-state index is 12.3. The van der Waals surface area contributed by atoms with Gasteiger partial charge in [-0.2, -0.15) is 0 Å². The molecule has 128 valence electrons. The summed E-state index contributed by atoms with van der Waals surface area (Å²) in [5.74, 6) is -2.20. The molecule has 0 unspecified atom stereocenters. The van der Waals surface area contributed by atoms with Gasteiger partial charge in [-0.15, -0.1) is 0 Å². The molecular formula is C17H20N2O5. The topological polar surface area (TPSA) is 92.8 Å². The maximum absolute atomic E-state index is 12.3. The van der Waals surface area contributed by atoms with E-state index in [1.54, 1.807) is 24.3 Å². The third-order valence-electron chi connectivity index (χ3n) is 3.81. The lowest BCUT2D eigenvalue weighted by molar-refractivity contribution is -0.151.